The smallest absolute Gasteiger partial charge is 0.126 e. The van der Waals surface area contributed by atoms with Gasteiger partial charge in [0.15, 0.2) is 0 Å². The molecule has 1 heterocycles. The molecule has 94 valence electrons. The highest BCUT2D eigenvalue weighted by atomic mass is 19.1. The fraction of sp³-hybridized carbons (Fsp3) is 0.538. The monoisotopic (exact) mass is 241 g/mol. The predicted octanol–water partition coefficient (Wildman–Crippen LogP) is 2.79. The minimum atomic E-state index is -0.556. The second-order valence-electron chi connectivity index (χ2n) is 4.36. The Kier molecular flexibility index (Phi) is 4.07. The summed E-state index contributed by atoms with van der Waals surface area (Å²) in [4.78, 5) is 0. The Morgan fingerprint density at radius 2 is 2.00 bits per heavy atom. The van der Waals surface area contributed by atoms with Crippen LogP contribution in [0.25, 0.3) is 0 Å². The number of halogens is 2. The summed E-state index contributed by atoms with van der Waals surface area (Å²) in [7, 11) is 0. The van der Waals surface area contributed by atoms with Crippen molar-refractivity contribution in [3.05, 3.63) is 35.4 Å². The first-order chi connectivity index (χ1) is 8.19. The molecule has 2 atom stereocenters. The predicted molar refractivity (Wildman–Crippen MR) is 61.7 cm³/mol. The Labute approximate surface area is 100.0 Å². The van der Waals surface area contributed by atoms with Crippen LogP contribution in [-0.2, 0) is 4.74 Å². The van der Waals surface area contributed by atoms with E-state index in [4.69, 9.17) is 4.74 Å². The van der Waals surface area contributed by atoms with E-state index in [-0.39, 0.29) is 6.10 Å². The second-order valence-corrected chi connectivity index (χ2v) is 4.36. The molecule has 1 aliphatic rings. The maximum absolute atomic E-state index is 13.1. The molecular weight excluding hydrogens is 224 g/mol. The SMILES string of the molecule is CCC1CCOC(c2cc(F)cc(F)c2)CN1. The minimum absolute atomic E-state index is 0.267. The van der Waals surface area contributed by atoms with E-state index in [1.165, 1.54) is 12.1 Å². The third-order valence-electron chi connectivity index (χ3n) is 3.13. The van der Waals surface area contributed by atoms with Crippen molar-refractivity contribution in [2.24, 2.45) is 0 Å². The second kappa shape index (κ2) is 5.56. The van der Waals surface area contributed by atoms with Crippen LogP contribution in [-0.4, -0.2) is 19.2 Å². The maximum Gasteiger partial charge on any atom is 0.126 e. The molecule has 1 fully saturated rings. The van der Waals surface area contributed by atoms with E-state index in [1.54, 1.807) is 0 Å². The maximum atomic E-state index is 13.1. The van der Waals surface area contributed by atoms with Gasteiger partial charge in [0.25, 0.3) is 0 Å². The van der Waals surface area contributed by atoms with Gasteiger partial charge in [-0.2, -0.15) is 0 Å². The van der Waals surface area contributed by atoms with Crippen molar-refractivity contribution in [1.29, 1.82) is 0 Å². The number of hydrogen-bond donors (Lipinski definition) is 1. The Hall–Kier alpha value is -1.00. The fourth-order valence-corrected chi connectivity index (χ4v) is 2.11. The number of rotatable bonds is 2. The van der Waals surface area contributed by atoms with E-state index in [0.717, 1.165) is 18.9 Å². The topological polar surface area (TPSA) is 21.3 Å². The summed E-state index contributed by atoms with van der Waals surface area (Å²) in [6.45, 7) is 3.33. The van der Waals surface area contributed by atoms with E-state index in [1.807, 2.05) is 0 Å². The van der Waals surface area contributed by atoms with Crippen molar-refractivity contribution >= 4 is 0 Å². The highest BCUT2D eigenvalue weighted by Gasteiger charge is 2.19. The number of hydrogen-bond acceptors (Lipinski definition) is 2. The minimum Gasteiger partial charge on any atom is -0.372 e. The Balaban J connectivity index is 2.11. The van der Waals surface area contributed by atoms with Gasteiger partial charge < -0.3 is 10.1 Å². The molecule has 1 N–H and O–H groups in total. The highest BCUT2D eigenvalue weighted by molar-refractivity contribution is 5.21. The van der Waals surface area contributed by atoms with Crippen molar-refractivity contribution in [1.82, 2.24) is 5.32 Å². The highest BCUT2D eigenvalue weighted by Crippen LogP contribution is 2.22. The van der Waals surface area contributed by atoms with Gasteiger partial charge in [0.05, 0.1) is 6.10 Å². The molecular formula is C13H17F2NO. The number of nitrogens with one attached hydrogen (secondary N) is 1. The largest absolute Gasteiger partial charge is 0.372 e. The molecule has 0 spiro atoms. The lowest BCUT2D eigenvalue weighted by Crippen LogP contribution is -2.29. The summed E-state index contributed by atoms with van der Waals surface area (Å²) in [5.41, 5.74) is 0.562. The van der Waals surface area contributed by atoms with Crippen molar-refractivity contribution in [3.8, 4) is 0 Å². The zero-order valence-corrected chi connectivity index (χ0v) is 9.88. The van der Waals surface area contributed by atoms with E-state index >= 15 is 0 Å². The zero-order valence-electron chi connectivity index (χ0n) is 9.88. The molecule has 0 aliphatic carbocycles. The van der Waals surface area contributed by atoms with Crippen molar-refractivity contribution in [3.63, 3.8) is 0 Å². The summed E-state index contributed by atoms with van der Waals surface area (Å²) in [6, 6.07) is 3.98. The molecule has 17 heavy (non-hydrogen) atoms. The third kappa shape index (κ3) is 3.23. The Morgan fingerprint density at radius 3 is 2.65 bits per heavy atom. The number of ether oxygens (including phenoxy) is 1. The quantitative estimate of drug-likeness (QED) is 0.859. The van der Waals surface area contributed by atoms with Gasteiger partial charge in [0, 0.05) is 25.3 Å². The lowest BCUT2D eigenvalue weighted by molar-refractivity contribution is 0.0659. The van der Waals surface area contributed by atoms with Crippen LogP contribution in [0.2, 0.25) is 0 Å². The van der Waals surface area contributed by atoms with Crippen LogP contribution in [0.3, 0.4) is 0 Å². The van der Waals surface area contributed by atoms with Crippen LogP contribution >= 0.6 is 0 Å². The third-order valence-corrected chi connectivity index (χ3v) is 3.13. The van der Waals surface area contributed by atoms with Crippen molar-refractivity contribution in [2.45, 2.75) is 31.9 Å². The summed E-state index contributed by atoms with van der Waals surface area (Å²) >= 11 is 0. The van der Waals surface area contributed by atoms with Gasteiger partial charge in [0.2, 0.25) is 0 Å². The van der Waals surface area contributed by atoms with Crippen LogP contribution in [0.1, 0.15) is 31.4 Å². The molecule has 1 saturated heterocycles. The van der Waals surface area contributed by atoms with Gasteiger partial charge in [-0.25, -0.2) is 8.78 Å². The Morgan fingerprint density at radius 1 is 1.29 bits per heavy atom. The van der Waals surface area contributed by atoms with E-state index in [2.05, 4.69) is 12.2 Å². The molecule has 0 bridgehead atoms. The summed E-state index contributed by atoms with van der Waals surface area (Å²) in [5.74, 6) is -1.11. The van der Waals surface area contributed by atoms with Crippen molar-refractivity contribution in [2.75, 3.05) is 13.2 Å². The lowest BCUT2D eigenvalue weighted by Gasteiger charge is -2.16. The Bertz CT molecular complexity index is 363. The average Bonchev–Trinajstić information content (AvgIpc) is 2.52. The standard InChI is InChI=1S/C13H17F2NO/c1-2-12-3-4-17-13(8-16-12)9-5-10(14)7-11(15)6-9/h5-7,12-13,16H,2-4,8H2,1H3. The first-order valence-corrected chi connectivity index (χ1v) is 6.00. The van der Waals surface area contributed by atoms with Gasteiger partial charge in [0.1, 0.15) is 11.6 Å². The number of benzene rings is 1. The first-order valence-electron chi connectivity index (χ1n) is 6.00. The fourth-order valence-electron chi connectivity index (χ4n) is 2.11. The van der Waals surface area contributed by atoms with E-state index < -0.39 is 11.6 Å². The van der Waals surface area contributed by atoms with Gasteiger partial charge in [-0.15, -0.1) is 0 Å². The van der Waals surface area contributed by atoms with E-state index in [0.29, 0.717) is 24.8 Å². The van der Waals surface area contributed by atoms with Gasteiger partial charge in [-0.1, -0.05) is 6.92 Å². The van der Waals surface area contributed by atoms with Gasteiger partial charge >= 0.3 is 0 Å². The summed E-state index contributed by atoms with van der Waals surface area (Å²) in [6.07, 6.45) is 1.70. The van der Waals surface area contributed by atoms with Gasteiger partial charge in [-0.3, -0.25) is 0 Å². The molecule has 2 unspecified atom stereocenters. The molecule has 2 nitrogen and oxygen atoms in total. The van der Waals surface area contributed by atoms with Crippen LogP contribution in [0, 0.1) is 11.6 Å². The van der Waals surface area contributed by atoms with Crippen LogP contribution in [0.5, 0.6) is 0 Å². The summed E-state index contributed by atoms with van der Waals surface area (Å²) in [5, 5.41) is 3.35. The molecule has 1 aliphatic heterocycles. The normalized spacial score (nSPS) is 25.6. The lowest BCUT2D eigenvalue weighted by atomic mass is 10.1. The van der Waals surface area contributed by atoms with E-state index in [9.17, 15) is 8.78 Å². The van der Waals surface area contributed by atoms with Crippen LogP contribution in [0.15, 0.2) is 18.2 Å². The molecule has 0 amide bonds. The van der Waals surface area contributed by atoms with Crippen LogP contribution < -0.4 is 5.32 Å². The van der Waals surface area contributed by atoms with Crippen LogP contribution in [0.4, 0.5) is 8.78 Å². The molecule has 1 aromatic carbocycles. The zero-order chi connectivity index (χ0) is 12.3. The average molecular weight is 241 g/mol. The molecule has 1 aromatic rings. The van der Waals surface area contributed by atoms with Crippen molar-refractivity contribution < 1.29 is 13.5 Å². The van der Waals surface area contributed by atoms with Gasteiger partial charge in [-0.05, 0) is 30.5 Å². The summed E-state index contributed by atoms with van der Waals surface area (Å²) < 4.78 is 31.9. The molecule has 4 heteroatoms. The molecule has 0 aromatic heterocycles. The molecule has 0 saturated carbocycles. The first kappa shape index (κ1) is 12.5. The molecule has 0 radical (unpaired) electrons. The molecule has 2 rings (SSSR count).